The first-order valence-electron chi connectivity index (χ1n) is 7.00. The van der Waals surface area contributed by atoms with E-state index in [0.717, 1.165) is 18.9 Å². The number of hydrogen-bond donors (Lipinski definition) is 2. The lowest BCUT2D eigenvalue weighted by atomic mass is 10.4. The van der Waals surface area contributed by atoms with Gasteiger partial charge in [-0.2, -0.15) is 9.03 Å². The highest BCUT2D eigenvalue weighted by molar-refractivity contribution is 7.90. The number of carbonyl (C=O) groups is 1. The van der Waals surface area contributed by atoms with E-state index in [1.54, 1.807) is 0 Å². The zero-order valence-corrected chi connectivity index (χ0v) is 14.1. The topological polar surface area (TPSA) is 121 Å². The Balaban J connectivity index is 2.34. The lowest BCUT2D eigenvalue weighted by Gasteiger charge is -2.16. The Hall–Kier alpha value is -1.49. The zero-order chi connectivity index (χ0) is 17.3. The van der Waals surface area contributed by atoms with Crippen LogP contribution < -0.4 is 4.72 Å². The quantitative estimate of drug-likeness (QED) is 0.747. The van der Waals surface area contributed by atoms with Gasteiger partial charge < -0.3 is 5.11 Å². The van der Waals surface area contributed by atoms with Gasteiger partial charge in [-0.3, -0.25) is 4.79 Å². The molecule has 1 aromatic carbocycles. The smallest absolute Gasteiger partial charge is 0.321 e. The van der Waals surface area contributed by atoms with Crippen LogP contribution in [0.1, 0.15) is 19.8 Å². The third-order valence-electron chi connectivity index (χ3n) is 3.52. The van der Waals surface area contributed by atoms with Crippen LogP contribution in [0.25, 0.3) is 0 Å². The van der Waals surface area contributed by atoms with E-state index in [1.807, 2.05) is 4.72 Å². The molecule has 0 aromatic heterocycles. The minimum absolute atomic E-state index is 0.120. The molecule has 0 unspecified atom stereocenters. The Morgan fingerprint density at radius 3 is 2.30 bits per heavy atom. The predicted octanol–water partition coefficient (Wildman–Crippen LogP) is 0.223. The highest BCUT2D eigenvalue weighted by Crippen LogP contribution is 2.23. The summed E-state index contributed by atoms with van der Waals surface area (Å²) >= 11 is 0. The summed E-state index contributed by atoms with van der Waals surface area (Å²) in [6, 6.07) is 3.60. The lowest BCUT2D eigenvalue weighted by molar-refractivity contribution is -0.138. The van der Waals surface area contributed by atoms with Gasteiger partial charge in [0.2, 0.25) is 20.0 Å². The molecule has 8 nitrogen and oxygen atoms in total. The molecule has 1 heterocycles. The van der Waals surface area contributed by atoms with E-state index in [-0.39, 0.29) is 9.79 Å². The highest BCUT2D eigenvalue weighted by atomic mass is 32.2. The van der Waals surface area contributed by atoms with Crippen molar-refractivity contribution < 1.29 is 26.7 Å². The summed E-state index contributed by atoms with van der Waals surface area (Å²) < 4.78 is 52.5. The minimum Gasteiger partial charge on any atom is -0.480 e. The number of sulfonamides is 2. The average molecular weight is 362 g/mol. The lowest BCUT2D eigenvalue weighted by Crippen LogP contribution is -2.38. The van der Waals surface area contributed by atoms with Crippen LogP contribution in [0.4, 0.5) is 0 Å². The second-order valence-corrected chi connectivity index (χ2v) is 8.92. The van der Waals surface area contributed by atoms with Crippen LogP contribution in [0.15, 0.2) is 34.1 Å². The molecule has 0 aliphatic carbocycles. The third kappa shape index (κ3) is 3.89. The summed E-state index contributed by atoms with van der Waals surface area (Å²) in [6.07, 6.45) is 1.55. The van der Waals surface area contributed by atoms with Crippen LogP contribution >= 0.6 is 0 Å². The Morgan fingerprint density at radius 2 is 1.74 bits per heavy atom. The van der Waals surface area contributed by atoms with E-state index < -0.39 is 32.1 Å². The molecule has 0 amide bonds. The summed E-state index contributed by atoms with van der Waals surface area (Å²) in [5.41, 5.74) is 0. The second-order valence-electron chi connectivity index (χ2n) is 5.27. The molecule has 1 fully saturated rings. The van der Waals surface area contributed by atoms with Gasteiger partial charge in [-0.25, -0.2) is 16.8 Å². The van der Waals surface area contributed by atoms with Gasteiger partial charge in [-0.05, 0) is 38.0 Å². The van der Waals surface area contributed by atoms with E-state index in [1.165, 1.54) is 29.4 Å². The first-order chi connectivity index (χ1) is 10.6. The zero-order valence-electron chi connectivity index (χ0n) is 12.5. The Kier molecular flexibility index (Phi) is 5.09. The number of nitrogens with one attached hydrogen (secondary N) is 1. The molecule has 1 aromatic rings. The van der Waals surface area contributed by atoms with Crippen molar-refractivity contribution in [3.63, 3.8) is 0 Å². The predicted molar refractivity (Wildman–Crippen MR) is 81.9 cm³/mol. The Labute approximate surface area is 135 Å². The van der Waals surface area contributed by atoms with Crippen molar-refractivity contribution in [2.75, 3.05) is 13.1 Å². The van der Waals surface area contributed by atoms with Crippen molar-refractivity contribution in [1.29, 1.82) is 0 Å². The number of benzene rings is 1. The molecule has 0 bridgehead atoms. The van der Waals surface area contributed by atoms with Gasteiger partial charge in [0.1, 0.15) is 6.04 Å². The third-order valence-corrected chi connectivity index (χ3v) is 6.95. The first kappa shape index (κ1) is 17.9. The van der Waals surface area contributed by atoms with Gasteiger partial charge in [0.05, 0.1) is 9.79 Å². The molecule has 1 atom stereocenters. The highest BCUT2D eigenvalue weighted by Gasteiger charge is 2.29. The molecule has 1 saturated heterocycles. The van der Waals surface area contributed by atoms with Gasteiger partial charge >= 0.3 is 5.97 Å². The van der Waals surface area contributed by atoms with Crippen molar-refractivity contribution in [2.45, 2.75) is 35.6 Å². The van der Waals surface area contributed by atoms with Crippen LogP contribution in [0, 0.1) is 0 Å². The number of carboxylic acid groups (broad SMARTS) is 1. The fourth-order valence-corrected chi connectivity index (χ4v) is 5.11. The largest absolute Gasteiger partial charge is 0.480 e. The maximum Gasteiger partial charge on any atom is 0.321 e. The molecule has 2 N–H and O–H groups in total. The maximum absolute atomic E-state index is 12.5. The molecule has 0 spiro atoms. The summed E-state index contributed by atoms with van der Waals surface area (Å²) in [6.45, 7) is 2.01. The molecule has 0 saturated carbocycles. The average Bonchev–Trinajstić information content (AvgIpc) is 3.02. The summed E-state index contributed by atoms with van der Waals surface area (Å²) in [5.74, 6) is -1.32. The molecular weight excluding hydrogens is 344 g/mol. The molecule has 2 rings (SSSR count). The minimum atomic E-state index is -4.12. The summed E-state index contributed by atoms with van der Waals surface area (Å²) in [4.78, 5) is 10.4. The van der Waals surface area contributed by atoms with E-state index in [4.69, 9.17) is 5.11 Å². The van der Waals surface area contributed by atoms with Gasteiger partial charge in [0, 0.05) is 13.1 Å². The maximum atomic E-state index is 12.5. The summed E-state index contributed by atoms with van der Waals surface area (Å²) in [7, 11) is -7.87. The van der Waals surface area contributed by atoms with Crippen LogP contribution in [-0.2, 0) is 24.8 Å². The molecule has 10 heteroatoms. The number of nitrogens with zero attached hydrogens (tertiary/aromatic N) is 1. The molecular formula is C13H18N2O6S2. The second kappa shape index (κ2) is 6.56. The van der Waals surface area contributed by atoms with Gasteiger partial charge in [0.25, 0.3) is 0 Å². The van der Waals surface area contributed by atoms with Crippen LogP contribution in [0.3, 0.4) is 0 Å². The van der Waals surface area contributed by atoms with Gasteiger partial charge in [-0.1, -0.05) is 6.07 Å². The van der Waals surface area contributed by atoms with Crippen LogP contribution in [0.5, 0.6) is 0 Å². The molecule has 0 radical (unpaired) electrons. The van der Waals surface area contributed by atoms with E-state index in [2.05, 4.69) is 0 Å². The molecule has 1 aliphatic rings. The fraction of sp³-hybridized carbons (Fsp3) is 0.462. The number of hydrogen-bond acceptors (Lipinski definition) is 5. The fourth-order valence-electron chi connectivity index (χ4n) is 2.23. The van der Waals surface area contributed by atoms with Gasteiger partial charge in [0.15, 0.2) is 0 Å². The van der Waals surface area contributed by atoms with Gasteiger partial charge in [-0.15, -0.1) is 0 Å². The number of carboxylic acids is 1. The Morgan fingerprint density at radius 1 is 1.17 bits per heavy atom. The van der Waals surface area contributed by atoms with Crippen molar-refractivity contribution in [1.82, 2.24) is 9.03 Å². The van der Waals surface area contributed by atoms with E-state index in [9.17, 15) is 21.6 Å². The van der Waals surface area contributed by atoms with Crippen molar-refractivity contribution in [3.8, 4) is 0 Å². The van der Waals surface area contributed by atoms with Crippen molar-refractivity contribution in [3.05, 3.63) is 24.3 Å². The number of aliphatic carboxylic acids is 1. The monoisotopic (exact) mass is 362 g/mol. The molecule has 1 aliphatic heterocycles. The molecule has 128 valence electrons. The normalized spacial score (nSPS) is 18.0. The van der Waals surface area contributed by atoms with E-state index >= 15 is 0 Å². The Bertz CT molecular complexity index is 798. The summed E-state index contributed by atoms with van der Waals surface area (Å²) in [5, 5.41) is 8.79. The van der Waals surface area contributed by atoms with Crippen molar-refractivity contribution in [2.24, 2.45) is 0 Å². The SMILES string of the molecule is C[C@@H](NS(=O)(=O)c1cccc(S(=O)(=O)N2CCCC2)c1)C(=O)O. The standard InChI is InChI=1S/C13H18N2O6S2/c1-10(13(16)17)14-22(18,19)11-5-4-6-12(9-11)23(20,21)15-7-2-3-8-15/h4-6,9-10,14H,2-3,7-8H2,1H3,(H,16,17)/t10-/m1/s1. The number of rotatable bonds is 6. The van der Waals surface area contributed by atoms with Crippen molar-refractivity contribution >= 4 is 26.0 Å². The molecule has 23 heavy (non-hydrogen) atoms. The first-order valence-corrected chi connectivity index (χ1v) is 9.92. The van der Waals surface area contributed by atoms with E-state index in [0.29, 0.717) is 13.1 Å². The van der Waals surface area contributed by atoms with Crippen LogP contribution in [-0.4, -0.2) is 51.3 Å². The van der Waals surface area contributed by atoms with Crippen LogP contribution in [0.2, 0.25) is 0 Å².